The average molecular weight is 270 g/mol. The molecule has 0 radical (unpaired) electrons. The SMILES string of the molecule is CCCOc1cncc(C(=O)c2ccc(C)c(N)c2)c1. The van der Waals surface area contributed by atoms with Gasteiger partial charge >= 0.3 is 0 Å². The number of aromatic nitrogens is 1. The highest BCUT2D eigenvalue weighted by Crippen LogP contribution is 2.18. The average Bonchev–Trinajstić information content (AvgIpc) is 2.47. The van der Waals surface area contributed by atoms with Crippen LogP contribution in [-0.4, -0.2) is 17.4 Å². The van der Waals surface area contributed by atoms with Crippen LogP contribution >= 0.6 is 0 Å². The Labute approximate surface area is 118 Å². The number of ether oxygens (including phenoxy) is 1. The van der Waals surface area contributed by atoms with Crippen LogP contribution in [-0.2, 0) is 0 Å². The van der Waals surface area contributed by atoms with Crippen LogP contribution in [0.5, 0.6) is 5.75 Å². The molecule has 0 amide bonds. The molecule has 0 spiro atoms. The van der Waals surface area contributed by atoms with Crippen molar-refractivity contribution >= 4 is 11.5 Å². The third-order valence-corrected chi connectivity index (χ3v) is 2.99. The molecule has 0 aliphatic heterocycles. The van der Waals surface area contributed by atoms with Gasteiger partial charge in [0.2, 0.25) is 0 Å². The summed E-state index contributed by atoms with van der Waals surface area (Å²) in [6, 6.07) is 7.01. The summed E-state index contributed by atoms with van der Waals surface area (Å²) in [5.41, 5.74) is 8.47. The Morgan fingerprint density at radius 3 is 2.75 bits per heavy atom. The number of anilines is 1. The Hall–Kier alpha value is -2.36. The molecule has 1 aromatic carbocycles. The van der Waals surface area contributed by atoms with Crippen molar-refractivity contribution in [1.29, 1.82) is 0 Å². The first-order valence-electron chi connectivity index (χ1n) is 6.60. The number of aryl methyl sites for hydroxylation is 1. The van der Waals surface area contributed by atoms with Gasteiger partial charge in [-0.05, 0) is 31.0 Å². The molecule has 0 atom stereocenters. The van der Waals surface area contributed by atoms with Crippen molar-refractivity contribution in [3.8, 4) is 5.75 Å². The van der Waals surface area contributed by atoms with Gasteiger partial charge in [0.1, 0.15) is 5.75 Å². The maximum absolute atomic E-state index is 12.4. The van der Waals surface area contributed by atoms with Crippen LogP contribution in [0, 0.1) is 6.92 Å². The minimum Gasteiger partial charge on any atom is -0.492 e. The molecule has 0 saturated heterocycles. The van der Waals surface area contributed by atoms with Gasteiger partial charge < -0.3 is 10.5 Å². The van der Waals surface area contributed by atoms with Gasteiger partial charge in [-0.3, -0.25) is 9.78 Å². The van der Waals surface area contributed by atoms with E-state index in [2.05, 4.69) is 4.98 Å². The lowest BCUT2D eigenvalue weighted by Gasteiger charge is -2.07. The summed E-state index contributed by atoms with van der Waals surface area (Å²) < 4.78 is 5.49. The summed E-state index contributed by atoms with van der Waals surface area (Å²) in [5.74, 6) is 0.504. The zero-order valence-corrected chi connectivity index (χ0v) is 11.7. The van der Waals surface area contributed by atoms with Gasteiger partial charge in [-0.2, -0.15) is 0 Å². The van der Waals surface area contributed by atoms with Gasteiger partial charge in [0, 0.05) is 23.0 Å². The molecular weight excluding hydrogens is 252 g/mol. The van der Waals surface area contributed by atoms with Crippen molar-refractivity contribution in [2.24, 2.45) is 0 Å². The quantitative estimate of drug-likeness (QED) is 0.670. The summed E-state index contributed by atoms with van der Waals surface area (Å²) in [6.07, 6.45) is 4.06. The van der Waals surface area contributed by atoms with Crippen LogP contribution in [0.2, 0.25) is 0 Å². The second kappa shape index (κ2) is 6.19. The van der Waals surface area contributed by atoms with E-state index in [1.54, 1.807) is 24.4 Å². The lowest BCUT2D eigenvalue weighted by atomic mass is 10.0. The molecule has 0 bridgehead atoms. The second-order valence-corrected chi connectivity index (χ2v) is 4.66. The number of carbonyl (C=O) groups is 1. The number of hydrogen-bond acceptors (Lipinski definition) is 4. The van der Waals surface area contributed by atoms with E-state index < -0.39 is 0 Å². The molecule has 0 fully saturated rings. The number of nitrogens with two attached hydrogens (primary N) is 1. The summed E-state index contributed by atoms with van der Waals surface area (Å²) >= 11 is 0. The Balaban J connectivity index is 2.26. The number of hydrogen-bond donors (Lipinski definition) is 1. The second-order valence-electron chi connectivity index (χ2n) is 4.66. The van der Waals surface area contributed by atoms with Gasteiger partial charge in [0.25, 0.3) is 0 Å². The van der Waals surface area contributed by atoms with E-state index in [1.807, 2.05) is 19.9 Å². The van der Waals surface area contributed by atoms with E-state index >= 15 is 0 Å². The van der Waals surface area contributed by atoms with Gasteiger partial charge in [0.15, 0.2) is 5.78 Å². The molecule has 4 heteroatoms. The number of pyridine rings is 1. The smallest absolute Gasteiger partial charge is 0.194 e. The van der Waals surface area contributed by atoms with E-state index in [4.69, 9.17) is 10.5 Å². The van der Waals surface area contributed by atoms with E-state index in [0.29, 0.717) is 29.2 Å². The number of nitrogens with zero attached hydrogens (tertiary/aromatic N) is 1. The summed E-state index contributed by atoms with van der Waals surface area (Å²) in [7, 11) is 0. The molecule has 1 aromatic heterocycles. The van der Waals surface area contributed by atoms with E-state index in [9.17, 15) is 4.79 Å². The van der Waals surface area contributed by atoms with E-state index in [-0.39, 0.29) is 5.78 Å². The van der Waals surface area contributed by atoms with Crippen LogP contribution < -0.4 is 10.5 Å². The fourth-order valence-electron chi connectivity index (χ4n) is 1.79. The standard InChI is InChI=1S/C16H18N2O2/c1-3-6-20-14-7-13(9-18-10-14)16(19)12-5-4-11(2)15(17)8-12/h4-5,7-10H,3,6,17H2,1-2H3. The van der Waals surface area contributed by atoms with Crippen molar-refractivity contribution in [2.45, 2.75) is 20.3 Å². The first-order valence-corrected chi connectivity index (χ1v) is 6.60. The monoisotopic (exact) mass is 270 g/mol. The van der Waals surface area contributed by atoms with Gasteiger partial charge in [-0.25, -0.2) is 0 Å². The largest absolute Gasteiger partial charge is 0.492 e. The summed E-state index contributed by atoms with van der Waals surface area (Å²) in [6.45, 7) is 4.54. The molecule has 1 heterocycles. The number of ketones is 1. The summed E-state index contributed by atoms with van der Waals surface area (Å²) in [5, 5.41) is 0. The maximum Gasteiger partial charge on any atom is 0.194 e. The third-order valence-electron chi connectivity index (χ3n) is 2.99. The first-order chi connectivity index (χ1) is 9.61. The van der Waals surface area contributed by atoms with Crippen LogP contribution in [0.15, 0.2) is 36.7 Å². The van der Waals surface area contributed by atoms with Crippen LogP contribution in [0.4, 0.5) is 5.69 Å². The predicted octanol–water partition coefficient (Wildman–Crippen LogP) is 2.99. The molecule has 4 nitrogen and oxygen atoms in total. The molecule has 0 aliphatic rings. The highest BCUT2D eigenvalue weighted by molar-refractivity contribution is 6.09. The Kier molecular flexibility index (Phi) is 4.35. The highest BCUT2D eigenvalue weighted by Gasteiger charge is 2.11. The number of nitrogen functional groups attached to an aromatic ring is 1. The van der Waals surface area contributed by atoms with Gasteiger partial charge in [-0.1, -0.05) is 19.1 Å². The zero-order valence-electron chi connectivity index (χ0n) is 11.7. The Morgan fingerprint density at radius 2 is 2.05 bits per heavy atom. The minimum atomic E-state index is -0.105. The fraction of sp³-hybridized carbons (Fsp3) is 0.250. The van der Waals surface area contributed by atoms with Gasteiger partial charge in [0.05, 0.1) is 12.8 Å². The molecule has 104 valence electrons. The van der Waals surface area contributed by atoms with Crippen LogP contribution in [0.25, 0.3) is 0 Å². The lowest BCUT2D eigenvalue weighted by Crippen LogP contribution is -2.04. The topological polar surface area (TPSA) is 65.2 Å². The van der Waals surface area contributed by atoms with Crippen LogP contribution in [0.1, 0.15) is 34.8 Å². The van der Waals surface area contributed by atoms with Crippen LogP contribution in [0.3, 0.4) is 0 Å². The van der Waals surface area contributed by atoms with Gasteiger partial charge in [-0.15, -0.1) is 0 Å². The molecule has 0 aliphatic carbocycles. The van der Waals surface area contributed by atoms with Crippen molar-refractivity contribution < 1.29 is 9.53 Å². The first kappa shape index (κ1) is 14.1. The molecule has 0 unspecified atom stereocenters. The van der Waals surface area contributed by atoms with E-state index in [0.717, 1.165) is 12.0 Å². The molecule has 2 aromatic rings. The zero-order chi connectivity index (χ0) is 14.5. The maximum atomic E-state index is 12.4. The highest BCUT2D eigenvalue weighted by atomic mass is 16.5. The molecule has 0 saturated carbocycles. The lowest BCUT2D eigenvalue weighted by molar-refractivity contribution is 0.103. The van der Waals surface area contributed by atoms with Crippen molar-refractivity contribution in [2.75, 3.05) is 12.3 Å². The van der Waals surface area contributed by atoms with E-state index in [1.165, 1.54) is 6.20 Å². The Bertz CT molecular complexity index is 624. The Morgan fingerprint density at radius 1 is 1.25 bits per heavy atom. The molecular formula is C16H18N2O2. The van der Waals surface area contributed by atoms with Crippen molar-refractivity contribution in [3.05, 3.63) is 53.3 Å². The third kappa shape index (κ3) is 3.15. The minimum absolute atomic E-state index is 0.105. The fourth-order valence-corrected chi connectivity index (χ4v) is 1.79. The number of rotatable bonds is 5. The normalized spacial score (nSPS) is 10.3. The van der Waals surface area contributed by atoms with Crippen molar-refractivity contribution in [1.82, 2.24) is 4.98 Å². The molecule has 20 heavy (non-hydrogen) atoms. The van der Waals surface area contributed by atoms with Crippen molar-refractivity contribution in [3.63, 3.8) is 0 Å². The summed E-state index contributed by atoms with van der Waals surface area (Å²) in [4.78, 5) is 16.4. The molecule has 2 rings (SSSR count). The molecule has 2 N–H and O–H groups in total. The predicted molar refractivity (Wildman–Crippen MR) is 79.0 cm³/mol. The number of carbonyl (C=O) groups excluding carboxylic acids is 1. The number of benzene rings is 1.